The molecule has 3 rings (SSSR count). The Morgan fingerprint density at radius 2 is 1.90 bits per heavy atom. The normalized spacial score (nSPS) is 10.6. The minimum Gasteiger partial charge on any atom is -0.426 e. The van der Waals surface area contributed by atoms with E-state index in [0.717, 1.165) is 0 Å². The summed E-state index contributed by atoms with van der Waals surface area (Å²) in [6, 6.07) is 12.2. The fraction of sp³-hybridized carbons (Fsp3) is 0.0667. The second-order valence-corrected chi connectivity index (χ2v) is 4.79. The Kier molecular flexibility index (Phi) is 3.50. The molecular formula is C15H10ClN3O2. The summed E-state index contributed by atoms with van der Waals surface area (Å²) in [5.41, 5.74) is 1.88. The van der Waals surface area contributed by atoms with Gasteiger partial charge >= 0.3 is 5.97 Å². The average molecular weight is 300 g/mol. The number of ether oxygens (including phenoxy) is 1. The molecule has 0 unspecified atom stereocenters. The molecule has 0 aliphatic heterocycles. The van der Waals surface area contributed by atoms with Crippen LogP contribution in [0.4, 0.5) is 0 Å². The van der Waals surface area contributed by atoms with Crippen LogP contribution in [-0.4, -0.2) is 21.2 Å². The predicted octanol–water partition coefficient (Wildman–Crippen LogP) is 3.27. The molecule has 0 aliphatic carbocycles. The Morgan fingerprint density at radius 3 is 2.71 bits per heavy atom. The summed E-state index contributed by atoms with van der Waals surface area (Å²) in [5.74, 6) is 0.369. The predicted molar refractivity (Wildman–Crippen MR) is 79.1 cm³/mol. The number of halogens is 1. The van der Waals surface area contributed by atoms with Crippen molar-refractivity contribution in [2.24, 2.45) is 0 Å². The van der Waals surface area contributed by atoms with Gasteiger partial charge in [0, 0.05) is 11.9 Å². The first-order valence-electron chi connectivity index (χ1n) is 6.21. The van der Waals surface area contributed by atoms with Gasteiger partial charge in [-0.05, 0) is 30.3 Å². The van der Waals surface area contributed by atoms with Crippen LogP contribution in [0.1, 0.15) is 6.92 Å². The Balaban J connectivity index is 2.14. The van der Waals surface area contributed by atoms with Crippen LogP contribution in [0.3, 0.4) is 0 Å². The summed E-state index contributed by atoms with van der Waals surface area (Å²) in [4.78, 5) is 15.6. The lowest BCUT2D eigenvalue weighted by Crippen LogP contribution is -2.04. The first-order valence-corrected chi connectivity index (χ1v) is 6.59. The molecule has 0 aliphatic rings. The van der Waals surface area contributed by atoms with Gasteiger partial charge in [0.2, 0.25) is 0 Å². The molecule has 21 heavy (non-hydrogen) atoms. The van der Waals surface area contributed by atoms with E-state index in [-0.39, 0.29) is 0 Å². The second-order valence-electron chi connectivity index (χ2n) is 4.36. The largest absolute Gasteiger partial charge is 0.426 e. The molecule has 0 atom stereocenters. The molecule has 0 spiro atoms. The summed E-state index contributed by atoms with van der Waals surface area (Å²) in [6.45, 7) is 1.34. The van der Waals surface area contributed by atoms with Crippen LogP contribution < -0.4 is 4.74 Å². The van der Waals surface area contributed by atoms with Crippen molar-refractivity contribution < 1.29 is 9.53 Å². The van der Waals surface area contributed by atoms with E-state index < -0.39 is 5.97 Å². The van der Waals surface area contributed by atoms with Gasteiger partial charge in [-0.25, -0.2) is 4.98 Å². The van der Waals surface area contributed by atoms with E-state index >= 15 is 0 Å². The molecule has 5 nitrogen and oxygen atoms in total. The Bertz CT molecular complexity index is 836. The van der Waals surface area contributed by atoms with E-state index in [1.807, 2.05) is 6.07 Å². The van der Waals surface area contributed by atoms with Gasteiger partial charge in [-0.3, -0.25) is 4.79 Å². The summed E-state index contributed by atoms with van der Waals surface area (Å²) in [5, 5.41) is 8.76. The number of para-hydroxylation sites is 1. The molecule has 3 aromatic rings. The minimum atomic E-state index is -0.403. The molecule has 0 amide bonds. The second kappa shape index (κ2) is 5.46. The van der Waals surface area contributed by atoms with E-state index in [1.165, 1.54) is 6.92 Å². The third-order valence-corrected chi connectivity index (χ3v) is 3.03. The summed E-state index contributed by atoms with van der Waals surface area (Å²) in [7, 11) is 0. The van der Waals surface area contributed by atoms with Crippen molar-refractivity contribution in [1.82, 2.24) is 15.2 Å². The number of carbonyl (C=O) groups excluding carboxylic acids is 1. The molecule has 0 bridgehead atoms. The number of esters is 1. The van der Waals surface area contributed by atoms with E-state index in [0.29, 0.717) is 33.2 Å². The van der Waals surface area contributed by atoms with E-state index in [1.54, 1.807) is 36.4 Å². The molecule has 1 heterocycles. The van der Waals surface area contributed by atoms with Crippen molar-refractivity contribution in [3.63, 3.8) is 0 Å². The molecule has 0 fully saturated rings. The first kappa shape index (κ1) is 13.5. The van der Waals surface area contributed by atoms with Gasteiger partial charge in [0.25, 0.3) is 0 Å². The standard InChI is InChI=1S/C15H10ClN3O2/c1-9(20)21-14-5-3-2-4-11(14)15-17-13-8-10(16)6-7-12(13)18-19-15/h2-8H,1H3. The van der Waals surface area contributed by atoms with E-state index in [2.05, 4.69) is 15.2 Å². The number of hydrogen-bond donors (Lipinski definition) is 0. The monoisotopic (exact) mass is 299 g/mol. The number of aromatic nitrogens is 3. The highest BCUT2D eigenvalue weighted by Crippen LogP contribution is 2.28. The summed E-state index contributed by atoms with van der Waals surface area (Å²) >= 11 is 5.96. The zero-order valence-corrected chi connectivity index (χ0v) is 11.8. The smallest absolute Gasteiger partial charge is 0.308 e. The van der Waals surface area contributed by atoms with Crippen molar-refractivity contribution >= 4 is 28.6 Å². The van der Waals surface area contributed by atoms with Gasteiger partial charge in [-0.1, -0.05) is 23.7 Å². The quantitative estimate of drug-likeness (QED) is 0.537. The van der Waals surface area contributed by atoms with Crippen molar-refractivity contribution in [3.05, 3.63) is 47.5 Å². The van der Waals surface area contributed by atoms with Crippen LogP contribution in [-0.2, 0) is 4.79 Å². The lowest BCUT2D eigenvalue weighted by molar-refractivity contribution is -0.131. The third-order valence-electron chi connectivity index (χ3n) is 2.80. The van der Waals surface area contributed by atoms with Gasteiger partial charge in [-0.2, -0.15) is 0 Å². The highest BCUT2D eigenvalue weighted by molar-refractivity contribution is 6.31. The van der Waals surface area contributed by atoms with Crippen molar-refractivity contribution in [2.45, 2.75) is 6.92 Å². The van der Waals surface area contributed by atoms with Gasteiger partial charge in [0.1, 0.15) is 11.3 Å². The van der Waals surface area contributed by atoms with Gasteiger partial charge in [0.15, 0.2) is 5.82 Å². The minimum absolute atomic E-state index is 0.376. The van der Waals surface area contributed by atoms with Crippen molar-refractivity contribution in [1.29, 1.82) is 0 Å². The van der Waals surface area contributed by atoms with Crippen molar-refractivity contribution in [2.75, 3.05) is 0 Å². The number of nitrogens with zero attached hydrogens (tertiary/aromatic N) is 3. The van der Waals surface area contributed by atoms with E-state index in [4.69, 9.17) is 16.3 Å². The lowest BCUT2D eigenvalue weighted by Gasteiger charge is -2.07. The van der Waals surface area contributed by atoms with Crippen molar-refractivity contribution in [3.8, 4) is 17.1 Å². The number of carbonyl (C=O) groups is 1. The maximum absolute atomic E-state index is 11.2. The van der Waals surface area contributed by atoms with Crippen LogP contribution >= 0.6 is 11.6 Å². The fourth-order valence-corrected chi connectivity index (χ4v) is 2.08. The topological polar surface area (TPSA) is 65.0 Å². The third kappa shape index (κ3) is 2.83. The van der Waals surface area contributed by atoms with Gasteiger partial charge < -0.3 is 4.74 Å². The lowest BCUT2D eigenvalue weighted by atomic mass is 10.2. The molecule has 0 saturated carbocycles. The molecular weight excluding hydrogens is 290 g/mol. The molecule has 2 aromatic carbocycles. The first-order chi connectivity index (χ1) is 10.1. The fourth-order valence-electron chi connectivity index (χ4n) is 1.92. The summed E-state index contributed by atoms with van der Waals surface area (Å²) in [6.07, 6.45) is 0. The molecule has 0 radical (unpaired) electrons. The molecule has 1 aromatic heterocycles. The molecule has 104 valence electrons. The van der Waals surface area contributed by atoms with Gasteiger partial charge in [0.05, 0.1) is 11.1 Å². The van der Waals surface area contributed by atoms with Gasteiger partial charge in [-0.15, -0.1) is 10.2 Å². The van der Waals surface area contributed by atoms with Crippen LogP contribution in [0.25, 0.3) is 22.4 Å². The zero-order chi connectivity index (χ0) is 14.8. The van der Waals surface area contributed by atoms with Crippen LogP contribution in [0, 0.1) is 0 Å². The maximum atomic E-state index is 11.2. The number of hydrogen-bond acceptors (Lipinski definition) is 5. The van der Waals surface area contributed by atoms with Crippen LogP contribution in [0.15, 0.2) is 42.5 Å². The summed E-state index contributed by atoms with van der Waals surface area (Å²) < 4.78 is 5.16. The zero-order valence-electron chi connectivity index (χ0n) is 11.1. The van der Waals surface area contributed by atoms with Crippen LogP contribution in [0.2, 0.25) is 5.02 Å². The molecule has 6 heteroatoms. The Morgan fingerprint density at radius 1 is 1.10 bits per heavy atom. The van der Waals surface area contributed by atoms with Crippen LogP contribution in [0.5, 0.6) is 5.75 Å². The number of benzene rings is 2. The number of rotatable bonds is 2. The average Bonchev–Trinajstić information content (AvgIpc) is 2.46. The Labute approximate surface area is 125 Å². The highest BCUT2D eigenvalue weighted by atomic mass is 35.5. The molecule has 0 saturated heterocycles. The Hall–Kier alpha value is -2.53. The maximum Gasteiger partial charge on any atom is 0.308 e. The molecule has 0 N–H and O–H groups in total. The highest BCUT2D eigenvalue weighted by Gasteiger charge is 2.12. The van der Waals surface area contributed by atoms with E-state index in [9.17, 15) is 4.79 Å². The number of fused-ring (bicyclic) bond motifs is 1. The SMILES string of the molecule is CC(=O)Oc1ccccc1-c1nnc2ccc(Cl)cc2n1.